The Morgan fingerprint density at radius 3 is 2.71 bits per heavy atom. The Morgan fingerprint density at radius 1 is 1.29 bits per heavy atom. The Morgan fingerprint density at radius 2 is 2.00 bits per heavy atom. The number of aryl methyl sites for hydroxylation is 1. The Hall–Kier alpha value is -2.43. The molecule has 0 atom stereocenters. The Kier molecular flexibility index (Phi) is 4.03. The summed E-state index contributed by atoms with van der Waals surface area (Å²) in [6.45, 7) is 8.10. The van der Waals surface area contributed by atoms with Gasteiger partial charge in [0.15, 0.2) is 5.78 Å². The van der Waals surface area contributed by atoms with Gasteiger partial charge in [0.25, 0.3) is 0 Å². The van der Waals surface area contributed by atoms with E-state index in [0.717, 1.165) is 12.1 Å². The van der Waals surface area contributed by atoms with Crippen LogP contribution in [0, 0.1) is 12.3 Å². The van der Waals surface area contributed by atoms with Crippen LogP contribution in [0.1, 0.15) is 59.3 Å². The van der Waals surface area contributed by atoms with E-state index in [1.54, 1.807) is 23.7 Å². The number of esters is 1. The summed E-state index contributed by atoms with van der Waals surface area (Å²) in [5.74, 6) is -0.255. The summed E-state index contributed by atoms with van der Waals surface area (Å²) >= 11 is 0. The number of aromatic nitrogens is 2. The number of para-hydroxylation sites is 1. The van der Waals surface area contributed by atoms with Gasteiger partial charge in [-0.25, -0.2) is 9.48 Å². The topological polar surface area (TPSA) is 61.2 Å². The third kappa shape index (κ3) is 2.75. The number of hydrogen-bond acceptors (Lipinski definition) is 4. The predicted octanol–water partition coefficient (Wildman–Crippen LogP) is 3.51. The molecule has 5 nitrogen and oxygen atoms in total. The lowest BCUT2D eigenvalue weighted by Gasteiger charge is -2.29. The van der Waals surface area contributed by atoms with Crippen LogP contribution in [0.2, 0.25) is 0 Å². The summed E-state index contributed by atoms with van der Waals surface area (Å²) in [5.41, 5.74) is 3.29. The van der Waals surface area contributed by atoms with Crippen molar-refractivity contribution < 1.29 is 14.3 Å². The number of Topliss-reactive ketones (excluding diaryl/α,β-unsaturated/α-hetero) is 1. The minimum atomic E-state index is -0.378. The Balaban J connectivity index is 2.18. The van der Waals surface area contributed by atoms with E-state index in [0.29, 0.717) is 35.5 Å². The molecule has 0 fully saturated rings. The highest BCUT2D eigenvalue weighted by Gasteiger charge is 2.36. The van der Waals surface area contributed by atoms with Crippen molar-refractivity contribution in [1.82, 2.24) is 9.78 Å². The minimum Gasteiger partial charge on any atom is -0.462 e. The van der Waals surface area contributed by atoms with Gasteiger partial charge in [-0.05, 0) is 37.8 Å². The maximum absolute atomic E-state index is 12.5. The van der Waals surface area contributed by atoms with Gasteiger partial charge in [0, 0.05) is 6.42 Å². The third-order valence-corrected chi connectivity index (χ3v) is 4.35. The lowest BCUT2D eigenvalue weighted by atomic mass is 9.75. The summed E-state index contributed by atoms with van der Waals surface area (Å²) in [7, 11) is 0. The van der Waals surface area contributed by atoms with E-state index in [-0.39, 0.29) is 17.2 Å². The van der Waals surface area contributed by atoms with Crippen molar-refractivity contribution in [3.8, 4) is 5.69 Å². The number of ether oxygens (including phenoxy) is 1. The summed E-state index contributed by atoms with van der Waals surface area (Å²) < 4.78 is 6.90. The van der Waals surface area contributed by atoms with Gasteiger partial charge in [-0.3, -0.25) is 4.79 Å². The van der Waals surface area contributed by atoms with Crippen LogP contribution < -0.4 is 0 Å². The molecule has 1 aliphatic rings. The second-order valence-electron chi connectivity index (χ2n) is 7.00. The van der Waals surface area contributed by atoms with E-state index in [1.165, 1.54) is 0 Å². The normalized spacial score (nSPS) is 15.9. The van der Waals surface area contributed by atoms with Gasteiger partial charge in [-0.2, -0.15) is 5.10 Å². The van der Waals surface area contributed by atoms with Crippen LogP contribution in [-0.4, -0.2) is 28.1 Å². The SMILES string of the molecule is CCOC(=O)c1ccccc1-n1nc(C)c2c1CC(C)(C)CC2=O. The zero-order chi connectivity index (χ0) is 17.5. The molecule has 0 bridgehead atoms. The van der Waals surface area contributed by atoms with E-state index in [2.05, 4.69) is 18.9 Å². The molecule has 0 saturated heterocycles. The average molecular weight is 326 g/mol. The standard InChI is InChI=1S/C19H22N2O3/c1-5-24-18(23)13-8-6-7-9-14(13)21-15-10-19(3,4)11-16(22)17(15)12(2)20-21/h6-9H,5,10-11H2,1-4H3. The average Bonchev–Trinajstić information content (AvgIpc) is 2.83. The fourth-order valence-corrected chi connectivity index (χ4v) is 3.38. The molecule has 1 aromatic carbocycles. The Labute approximate surface area is 141 Å². The van der Waals surface area contributed by atoms with Crippen LogP contribution in [0.3, 0.4) is 0 Å². The van der Waals surface area contributed by atoms with Crippen LogP contribution in [0.4, 0.5) is 0 Å². The largest absolute Gasteiger partial charge is 0.462 e. The van der Waals surface area contributed by atoms with Crippen molar-refractivity contribution in [2.24, 2.45) is 5.41 Å². The number of carbonyl (C=O) groups excluding carboxylic acids is 2. The van der Waals surface area contributed by atoms with E-state index in [9.17, 15) is 9.59 Å². The third-order valence-electron chi connectivity index (χ3n) is 4.35. The van der Waals surface area contributed by atoms with Gasteiger partial charge >= 0.3 is 5.97 Å². The molecule has 0 aliphatic heterocycles. The van der Waals surface area contributed by atoms with Crippen molar-refractivity contribution in [1.29, 1.82) is 0 Å². The molecule has 0 N–H and O–H groups in total. The molecule has 1 aromatic heterocycles. The van der Waals surface area contributed by atoms with Crippen molar-refractivity contribution in [2.45, 2.75) is 40.5 Å². The number of benzene rings is 1. The second-order valence-corrected chi connectivity index (χ2v) is 7.00. The first-order valence-electron chi connectivity index (χ1n) is 8.22. The van der Waals surface area contributed by atoms with Crippen molar-refractivity contribution in [2.75, 3.05) is 6.61 Å². The monoisotopic (exact) mass is 326 g/mol. The van der Waals surface area contributed by atoms with Gasteiger partial charge in [0.05, 0.1) is 34.8 Å². The molecular weight excluding hydrogens is 304 g/mol. The van der Waals surface area contributed by atoms with Gasteiger partial charge in [0.1, 0.15) is 0 Å². The molecule has 0 saturated carbocycles. The number of ketones is 1. The maximum Gasteiger partial charge on any atom is 0.340 e. The van der Waals surface area contributed by atoms with Crippen molar-refractivity contribution in [3.05, 3.63) is 46.8 Å². The highest BCUT2D eigenvalue weighted by Crippen LogP contribution is 2.37. The Bertz CT molecular complexity index is 818. The van der Waals surface area contributed by atoms with Gasteiger partial charge < -0.3 is 4.74 Å². The highest BCUT2D eigenvalue weighted by molar-refractivity contribution is 6.00. The molecule has 0 radical (unpaired) electrons. The molecule has 0 unspecified atom stereocenters. The molecule has 0 spiro atoms. The summed E-state index contributed by atoms with van der Waals surface area (Å²) in [5, 5.41) is 4.57. The van der Waals surface area contributed by atoms with E-state index < -0.39 is 0 Å². The maximum atomic E-state index is 12.5. The van der Waals surface area contributed by atoms with Gasteiger partial charge in [-0.15, -0.1) is 0 Å². The summed E-state index contributed by atoms with van der Waals surface area (Å²) in [6, 6.07) is 7.22. The molecule has 5 heteroatoms. The number of nitrogens with zero attached hydrogens (tertiary/aromatic N) is 2. The molecular formula is C19H22N2O3. The second kappa shape index (κ2) is 5.89. The lowest BCUT2D eigenvalue weighted by molar-refractivity contribution is 0.0526. The molecule has 126 valence electrons. The van der Waals surface area contributed by atoms with Gasteiger partial charge in [-0.1, -0.05) is 26.0 Å². The van der Waals surface area contributed by atoms with Crippen LogP contribution >= 0.6 is 0 Å². The van der Waals surface area contributed by atoms with Crippen LogP contribution in [0.5, 0.6) is 0 Å². The molecule has 24 heavy (non-hydrogen) atoms. The zero-order valence-electron chi connectivity index (χ0n) is 14.5. The molecule has 1 heterocycles. The van der Waals surface area contributed by atoms with Gasteiger partial charge in [0.2, 0.25) is 0 Å². The van der Waals surface area contributed by atoms with Crippen LogP contribution in [0.25, 0.3) is 5.69 Å². The number of carbonyl (C=O) groups is 2. The van der Waals surface area contributed by atoms with Crippen LogP contribution in [-0.2, 0) is 11.2 Å². The van der Waals surface area contributed by atoms with E-state index in [1.807, 2.05) is 19.1 Å². The number of rotatable bonds is 3. The fraction of sp³-hybridized carbons (Fsp3) is 0.421. The molecule has 2 aromatic rings. The summed E-state index contributed by atoms with van der Waals surface area (Å²) in [4.78, 5) is 24.8. The van der Waals surface area contributed by atoms with Crippen molar-refractivity contribution >= 4 is 11.8 Å². The summed E-state index contributed by atoms with van der Waals surface area (Å²) in [6.07, 6.45) is 1.26. The zero-order valence-corrected chi connectivity index (χ0v) is 14.5. The number of hydrogen-bond donors (Lipinski definition) is 0. The quantitative estimate of drug-likeness (QED) is 0.810. The number of fused-ring (bicyclic) bond motifs is 1. The van der Waals surface area contributed by atoms with E-state index in [4.69, 9.17) is 4.74 Å². The predicted molar refractivity (Wildman–Crippen MR) is 90.7 cm³/mol. The molecule has 3 rings (SSSR count). The minimum absolute atomic E-state index is 0.118. The smallest absolute Gasteiger partial charge is 0.340 e. The molecule has 0 amide bonds. The van der Waals surface area contributed by atoms with Crippen LogP contribution in [0.15, 0.2) is 24.3 Å². The lowest BCUT2D eigenvalue weighted by Crippen LogP contribution is -2.28. The first-order chi connectivity index (χ1) is 11.3. The van der Waals surface area contributed by atoms with E-state index >= 15 is 0 Å². The first-order valence-corrected chi connectivity index (χ1v) is 8.22. The highest BCUT2D eigenvalue weighted by atomic mass is 16.5. The molecule has 1 aliphatic carbocycles. The first kappa shape index (κ1) is 16.4. The van der Waals surface area contributed by atoms with Crippen molar-refractivity contribution in [3.63, 3.8) is 0 Å². The fourth-order valence-electron chi connectivity index (χ4n) is 3.38.